The van der Waals surface area contributed by atoms with Crippen molar-refractivity contribution in [1.29, 1.82) is 0 Å². The first-order valence-electron chi connectivity index (χ1n) is 5.21. The minimum Gasteiger partial charge on any atom is -0.494 e. The van der Waals surface area contributed by atoms with Gasteiger partial charge in [-0.2, -0.15) is 0 Å². The van der Waals surface area contributed by atoms with Crippen molar-refractivity contribution in [1.82, 2.24) is 4.98 Å². The molecule has 0 spiro atoms. The second-order valence-corrected chi connectivity index (χ2v) is 4.07. The number of anilines is 1. The fourth-order valence-corrected chi connectivity index (χ4v) is 1.87. The van der Waals surface area contributed by atoms with E-state index in [1.54, 1.807) is 24.3 Å². The molecule has 0 unspecified atom stereocenters. The molecule has 0 fully saturated rings. The molecule has 5 heteroatoms. The molecule has 0 saturated heterocycles. The molecule has 0 saturated carbocycles. The van der Waals surface area contributed by atoms with E-state index in [0.29, 0.717) is 39.6 Å². The number of halogens is 1. The van der Waals surface area contributed by atoms with Crippen LogP contribution in [0.3, 0.4) is 0 Å². The topological polar surface area (TPSA) is 65.2 Å². The van der Waals surface area contributed by atoms with Gasteiger partial charge in [-0.3, -0.25) is 9.78 Å². The van der Waals surface area contributed by atoms with Crippen LogP contribution in [0.4, 0.5) is 5.69 Å². The monoisotopic (exact) mass is 262 g/mol. The summed E-state index contributed by atoms with van der Waals surface area (Å²) in [6.07, 6.45) is 2.24. The van der Waals surface area contributed by atoms with Crippen LogP contribution in [-0.2, 0) is 0 Å². The highest BCUT2D eigenvalue weighted by atomic mass is 35.5. The summed E-state index contributed by atoms with van der Waals surface area (Å²) in [6, 6.07) is 6.65. The number of ether oxygens (including phenoxy) is 1. The molecule has 0 aliphatic heterocycles. The van der Waals surface area contributed by atoms with E-state index in [9.17, 15) is 4.79 Å². The quantitative estimate of drug-likeness (QED) is 0.682. The van der Waals surface area contributed by atoms with Gasteiger partial charge in [0.2, 0.25) is 0 Å². The van der Waals surface area contributed by atoms with Crippen molar-refractivity contribution in [2.45, 2.75) is 0 Å². The van der Waals surface area contributed by atoms with E-state index >= 15 is 0 Å². The van der Waals surface area contributed by atoms with E-state index in [2.05, 4.69) is 4.98 Å². The second kappa shape index (κ2) is 5.06. The van der Waals surface area contributed by atoms with Crippen LogP contribution in [0, 0.1) is 0 Å². The van der Waals surface area contributed by atoms with Gasteiger partial charge in [0.15, 0.2) is 12.0 Å². The Hall–Kier alpha value is -2.07. The van der Waals surface area contributed by atoms with Crippen molar-refractivity contribution in [3.05, 3.63) is 41.0 Å². The van der Waals surface area contributed by atoms with Gasteiger partial charge in [0.1, 0.15) is 5.69 Å². The molecule has 0 aliphatic carbocycles. The van der Waals surface area contributed by atoms with Gasteiger partial charge in [0, 0.05) is 22.5 Å². The lowest BCUT2D eigenvalue weighted by atomic mass is 10.1. The molecule has 2 N–H and O–H groups in total. The highest BCUT2D eigenvalue weighted by Gasteiger charge is 2.14. The highest BCUT2D eigenvalue weighted by molar-refractivity contribution is 6.31. The summed E-state index contributed by atoms with van der Waals surface area (Å²) in [5.74, 6) is 0.390. The number of hydrogen-bond donors (Lipinski definition) is 1. The van der Waals surface area contributed by atoms with E-state index < -0.39 is 0 Å². The lowest BCUT2D eigenvalue weighted by Crippen LogP contribution is -1.98. The maximum Gasteiger partial charge on any atom is 0.155 e. The molecule has 92 valence electrons. The number of pyridine rings is 1. The van der Waals surface area contributed by atoms with E-state index in [1.165, 1.54) is 13.3 Å². The molecule has 18 heavy (non-hydrogen) atoms. The van der Waals surface area contributed by atoms with Crippen LogP contribution in [-0.4, -0.2) is 18.4 Å². The van der Waals surface area contributed by atoms with Gasteiger partial charge in [-0.15, -0.1) is 0 Å². The number of aromatic nitrogens is 1. The van der Waals surface area contributed by atoms with Crippen LogP contribution < -0.4 is 10.5 Å². The summed E-state index contributed by atoms with van der Waals surface area (Å²) in [6.45, 7) is 0. The third-order valence-electron chi connectivity index (χ3n) is 2.54. The van der Waals surface area contributed by atoms with Gasteiger partial charge < -0.3 is 10.5 Å². The summed E-state index contributed by atoms with van der Waals surface area (Å²) in [4.78, 5) is 15.2. The lowest BCUT2D eigenvalue weighted by Gasteiger charge is -2.11. The molecule has 0 amide bonds. The molecule has 0 atom stereocenters. The number of carbonyl (C=O) groups is 1. The summed E-state index contributed by atoms with van der Waals surface area (Å²) >= 11 is 5.94. The Kier molecular flexibility index (Phi) is 3.48. The third-order valence-corrected chi connectivity index (χ3v) is 2.77. The number of hydrogen-bond acceptors (Lipinski definition) is 4. The molecule has 1 aromatic heterocycles. The fourth-order valence-electron chi connectivity index (χ4n) is 1.70. The number of rotatable bonds is 3. The number of nitrogen functional groups attached to an aromatic ring is 1. The molecule has 1 aromatic carbocycles. The normalized spacial score (nSPS) is 10.1. The van der Waals surface area contributed by atoms with Crippen LogP contribution in [0.25, 0.3) is 11.3 Å². The molecule has 2 aromatic rings. The SMILES string of the molecule is COc1c(C=O)ccnc1-c1cc(Cl)ccc1N. The van der Waals surface area contributed by atoms with Gasteiger partial charge >= 0.3 is 0 Å². The first-order valence-corrected chi connectivity index (χ1v) is 5.58. The predicted molar refractivity (Wildman–Crippen MR) is 71.0 cm³/mol. The molecule has 0 radical (unpaired) electrons. The molecule has 0 bridgehead atoms. The van der Waals surface area contributed by atoms with Crippen molar-refractivity contribution >= 4 is 23.6 Å². The number of carbonyl (C=O) groups excluding carboxylic acids is 1. The van der Waals surface area contributed by atoms with Crippen molar-refractivity contribution in [3.8, 4) is 17.0 Å². The Morgan fingerprint density at radius 1 is 1.39 bits per heavy atom. The Labute approximate surface area is 109 Å². The van der Waals surface area contributed by atoms with E-state index in [4.69, 9.17) is 22.1 Å². The Morgan fingerprint density at radius 3 is 2.83 bits per heavy atom. The van der Waals surface area contributed by atoms with Crippen LogP contribution >= 0.6 is 11.6 Å². The Balaban J connectivity index is 2.70. The van der Waals surface area contributed by atoms with E-state index in [-0.39, 0.29) is 0 Å². The lowest BCUT2D eigenvalue weighted by molar-refractivity contribution is 0.112. The molecular formula is C13H11ClN2O2. The first-order chi connectivity index (χ1) is 8.67. The molecular weight excluding hydrogens is 252 g/mol. The Bertz CT molecular complexity index is 600. The van der Waals surface area contributed by atoms with Gasteiger partial charge in [-0.1, -0.05) is 11.6 Å². The van der Waals surface area contributed by atoms with Crippen LogP contribution in [0.2, 0.25) is 5.02 Å². The van der Waals surface area contributed by atoms with Crippen molar-refractivity contribution in [2.75, 3.05) is 12.8 Å². The van der Waals surface area contributed by atoms with E-state index in [1.807, 2.05) is 0 Å². The standard InChI is InChI=1S/C13H11ClN2O2/c1-18-13-8(7-17)4-5-16-12(13)10-6-9(14)2-3-11(10)15/h2-7H,15H2,1H3. The largest absolute Gasteiger partial charge is 0.494 e. The van der Waals surface area contributed by atoms with Crippen LogP contribution in [0.5, 0.6) is 5.75 Å². The Morgan fingerprint density at radius 2 is 2.17 bits per heavy atom. The number of nitrogens with two attached hydrogens (primary N) is 1. The van der Waals surface area contributed by atoms with Gasteiger partial charge in [-0.25, -0.2) is 0 Å². The highest BCUT2D eigenvalue weighted by Crippen LogP contribution is 2.35. The number of benzene rings is 1. The molecule has 2 rings (SSSR count). The second-order valence-electron chi connectivity index (χ2n) is 3.63. The fraction of sp³-hybridized carbons (Fsp3) is 0.0769. The van der Waals surface area contributed by atoms with Gasteiger partial charge in [0.05, 0.1) is 12.7 Å². The minimum absolute atomic E-state index is 0.390. The molecule has 1 heterocycles. The summed E-state index contributed by atoms with van der Waals surface area (Å²) in [5.41, 5.74) is 7.98. The molecule has 0 aliphatic rings. The predicted octanol–water partition coefficient (Wildman–Crippen LogP) is 2.81. The first kappa shape index (κ1) is 12.4. The zero-order valence-corrected chi connectivity index (χ0v) is 10.4. The number of nitrogens with zero attached hydrogens (tertiary/aromatic N) is 1. The van der Waals surface area contributed by atoms with Gasteiger partial charge in [-0.05, 0) is 24.3 Å². The summed E-state index contributed by atoms with van der Waals surface area (Å²) < 4.78 is 5.22. The zero-order valence-electron chi connectivity index (χ0n) is 9.68. The number of aldehydes is 1. The average molecular weight is 263 g/mol. The van der Waals surface area contributed by atoms with E-state index in [0.717, 1.165) is 0 Å². The summed E-state index contributed by atoms with van der Waals surface area (Å²) in [7, 11) is 1.48. The smallest absolute Gasteiger partial charge is 0.155 e. The average Bonchev–Trinajstić information content (AvgIpc) is 2.40. The van der Waals surface area contributed by atoms with Gasteiger partial charge in [0.25, 0.3) is 0 Å². The van der Waals surface area contributed by atoms with Crippen molar-refractivity contribution in [2.24, 2.45) is 0 Å². The van der Waals surface area contributed by atoms with Crippen molar-refractivity contribution < 1.29 is 9.53 Å². The van der Waals surface area contributed by atoms with Crippen LogP contribution in [0.1, 0.15) is 10.4 Å². The van der Waals surface area contributed by atoms with Crippen molar-refractivity contribution in [3.63, 3.8) is 0 Å². The van der Waals surface area contributed by atoms with Crippen LogP contribution in [0.15, 0.2) is 30.5 Å². The molecule has 4 nitrogen and oxygen atoms in total. The summed E-state index contributed by atoms with van der Waals surface area (Å²) in [5, 5.41) is 0.541. The minimum atomic E-state index is 0.390. The maximum absolute atomic E-state index is 11.0. The third kappa shape index (κ3) is 2.15. The zero-order chi connectivity index (χ0) is 13.1. The number of methoxy groups -OCH3 is 1. The maximum atomic E-state index is 11.0.